The van der Waals surface area contributed by atoms with Crippen LogP contribution in [-0.4, -0.2) is 44.8 Å². The highest BCUT2D eigenvalue weighted by Crippen LogP contribution is 2.60. The molecular formula is C25H27N3O7. The Kier molecular flexibility index (Phi) is 4.98. The van der Waals surface area contributed by atoms with E-state index in [4.69, 9.17) is 9.47 Å². The summed E-state index contributed by atoms with van der Waals surface area (Å²) < 4.78 is 14.6. The first-order valence-corrected chi connectivity index (χ1v) is 11.4. The molecule has 0 unspecified atom stereocenters. The maximum absolute atomic E-state index is 13.7. The van der Waals surface area contributed by atoms with Crippen LogP contribution in [0.4, 0.5) is 0 Å². The maximum atomic E-state index is 13.7. The van der Waals surface area contributed by atoms with Crippen molar-refractivity contribution in [2.45, 2.75) is 38.8 Å². The minimum Gasteiger partial charge on any atom is -0.502 e. The van der Waals surface area contributed by atoms with Gasteiger partial charge in [0.15, 0.2) is 23.1 Å². The van der Waals surface area contributed by atoms with E-state index in [-0.39, 0.29) is 41.8 Å². The SMILES string of the molecule is COc1cc([C@H]2C3=CCn4c(=O)n(C)c(=O)n4[C@@H]3C[C@H]3C(=O)C=C(C)C(=O)[C@@]23C)cc(OC)c1O. The number of carbonyl (C=O) groups is 2. The van der Waals surface area contributed by atoms with Gasteiger partial charge in [0.25, 0.3) is 0 Å². The Morgan fingerprint density at radius 2 is 1.69 bits per heavy atom. The number of phenols is 1. The molecule has 1 aromatic heterocycles. The number of hydrogen-bond donors (Lipinski definition) is 1. The van der Waals surface area contributed by atoms with Gasteiger partial charge in [0.2, 0.25) is 5.75 Å². The van der Waals surface area contributed by atoms with E-state index >= 15 is 0 Å². The van der Waals surface area contributed by atoms with Gasteiger partial charge < -0.3 is 14.6 Å². The summed E-state index contributed by atoms with van der Waals surface area (Å²) in [6.07, 6.45) is 3.46. The van der Waals surface area contributed by atoms with Crippen LogP contribution in [-0.2, 0) is 23.2 Å². The van der Waals surface area contributed by atoms with E-state index in [9.17, 15) is 24.3 Å². The van der Waals surface area contributed by atoms with Crippen molar-refractivity contribution in [2.24, 2.45) is 18.4 Å². The van der Waals surface area contributed by atoms with Crippen LogP contribution in [0.25, 0.3) is 0 Å². The lowest BCUT2D eigenvalue weighted by Crippen LogP contribution is -2.54. The Morgan fingerprint density at radius 3 is 2.29 bits per heavy atom. The van der Waals surface area contributed by atoms with Gasteiger partial charge in [-0.2, -0.15) is 0 Å². The average Bonchev–Trinajstić information content (AvgIpc) is 3.06. The fourth-order valence-corrected chi connectivity index (χ4v) is 6.23. The minimum absolute atomic E-state index is 0.152. The molecule has 0 bridgehead atoms. The second kappa shape index (κ2) is 7.59. The number of benzene rings is 1. The van der Waals surface area contributed by atoms with E-state index in [2.05, 4.69) is 0 Å². The molecule has 10 nitrogen and oxygen atoms in total. The second-order valence-electron chi connectivity index (χ2n) is 9.61. The van der Waals surface area contributed by atoms with Crippen molar-refractivity contribution in [3.05, 3.63) is 62.0 Å². The lowest BCUT2D eigenvalue weighted by Gasteiger charge is -2.52. The third-order valence-corrected chi connectivity index (χ3v) is 7.93. The van der Waals surface area contributed by atoms with E-state index in [0.717, 1.165) is 10.1 Å². The van der Waals surface area contributed by atoms with E-state index < -0.39 is 34.7 Å². The number of rotatable bonds is 3. The number of ketones is 2. The maximum Gasteiger partial charge on any atom is 0.347 e. The smallest absolute Gasteiger partial charge is 0.347 e. The molecule has 35 heavy (non-hydrogen) atoms. The van der Waals surface area contributed by atoms with E-state index in [0.29, 0.717) is 11.1 Å². The first-order chi connectivity index (χ1) is 16.6. The van der Waals surface area contributed by atoms with Crippen molar-refractivity contribution in [1.82, 2.24) is 13.9 Å². The number of carbonyl (C=O) groups excluding carboxylic acids is 2. The van der Waals surface area contributed by atoms with Crippen LogP contribution in [0.2, 0.25) is 0 Å². The Morgan fingerprint density at radius 1 is 1.06 bits per heavy atom. The summed E-state index contributed by atoms with van der Waals surface area (Å²) in [6.45, 7) is 3.58. The molecule has 0 radical (unpaired) electrons. The fourth-order valence-electron chi connectivity index (χ4n) is 6.23. The molecule has 2 aliphatic carbocycles. The first kappa shape index (κ1) is 22.9. The average molecular weight is 482 g/mol. The third kappa shape index (κ3) is 2.88. The monoisotopic (exact) mass is 481 g/mol. The molecule has 3 aliphatic rings. The first-order valence-electron chi connectivity index (χ1n) is 11.4. The predicted octanol–water partition coefficient (Wildman–Crippen LogP) is 1.46. The molecule has 1 N–H and O–H groups in total. The molecule has 10 heteroatoms. The van der Waals surface area contributed by atoms with Crippen molar-refractivity contribution in [2.75, 3.05) is 14.2 Å². The number of nitrogens with zero attached hydrogens (tertiary/aromatic N) is 3. The Hall–Kier alpha value is -3.82. The summed E-state index contributed by atoms with van der Waals surface area (Å²) in [5.41, 5.74) is -0.315. The molecule has 2 heterocycles. The van der Waals surface area contributed by atoms with E-state index in [1.807, 2.05) is 6.08 Å². The van der Waals surface area contributed by atoms with Gasteiger partial charge in [-0.3, -0.25) is 9.59 Å². The Balaban J connectivity index is 1.82. The molecule has 1 aliphatic heterocycles. The normalized spacial score (nSPS) is 27.4. The van der Waals surface area contributed by atoms with E-state index in [1.165, 1.54) is 36.7 Å². The highest BCUT2D eigenvalue weighted by molar-refractivity contribution is 6.13. The van der Waals surface area contributed by atoms with E-state index in [1.54, 1.807) is 26.0 Å². The zero-order valence-corrected chi connectivity index (χ0v) is 20.2. The molecular weight excluding hydrogens is 454 g/mol. The van der Waals surface area contributed by atoms with Gasteiger partial charge in [0.1, 0.15) is 0 Å². The fraction of sp³-hybridized carbons (Fsp3) is 0.440. The summed E-state index contributed by atoms with van der Waals surface area (Å²) in [5, 5.41) is 10.5. The third-order valence-electron chi connectivity index (χ3n) is 7.93. The Bertz CT molecular complexity index is 1450. The minimum atomic E-state index is -1.15. The van der Waals surface area contributed by atoms with Crippen molar-refractivity contribution < 1.29 is 24.2 Å². The van der Waals surface area contributed by atoms with Crippen LogP contribution >= 0.6 is 0 Å². The van der Waals surface area contributed by atoms with Gasteiger partial charge in [0.05, 0.1) is 32.2 Å². The standard InChI is InChI=1S/C25H27N3O7/c1-12-8-17(29)15-11-16-14(6-7-27-23(32)26(3)24(33)28(16)27)20(25(15,2)22(12)31)13-9-18(34-4)21(30)19(10-13)35-5/h6,8-10,15-16,20,30H,7,11H2,1-5H3/t15-,16+,20-,25+/m0/s1. The summed E-state index contributed by atoms with van der Waals surface area (Å²) in [4.78, 5) is 52.8. The zero-order chi connectivity index (χ0) is 25.4. The number of ether oxygens (including phenoxy) is 2. The number of aromatic nitrogens is 3. The van der Waals surface area contributed by atoms with Crippen molar-refractivity contribution in [3.63, 3.8) is 0 Å². The molecule has 5 rings (SSSR count). The number of Topliss-reactive ketones (excluding diaryl/α,β-unsaturated/α-hetero) is 1. The molecule has 1 aromatic carbocycles. The highest BCUT2D eigenvalue weighted by atomic mass is 16.5. The summed E-state index contributed by atoms with van der Waals surface area (Å²) >= 11 is 0. The van der Waals surface area contributed by atoms with Crippen LogP contribution in [0.5, 0.6) is 17.2 Å². The van der Waals surface area contributed by atoms with Crippen LogP contribution in [0, 0.1) is 11.3 Å². The number of phenolic OH excluding ortho intramolecular Hbond substituents is 1. The topological polar surface area (TPSA) is 122 Å². The van der Waals surface area contributed by atoms with Gasteiger partial charge in [-0.25, -0.2) is 23.5 Å². The molecule has 2 aromatic rings. The molecule has 184 valence electrons. The van der Waals surface area contributed by atoms with Crippen LogP contribution in [0.1, 0.15) is 37.8 Å². The second-order valence-corrected chi connectivity index (χ2v) is 9.61. The summed E-state index contributed by atoms with van der Waals surface area (Å²) in [7, 11) is 4.25. The number of aromatic hydroxyl groups is 1. The Labute approximate surface area is 200 Å². The van der Waals surface area contributed by atoms with Crippen LogP contribution in [0.15, 0.2) is 45.0 Å². The van der Waals surface area contributed by atoms with Gasteiger partial charge in [-0.15, -0.1) is 0 Å². The number of hydrogen-bond acceptors (Lipinski definition) is 7. The number of methoxy groups -OCH3 is 2. The van der Waals surface area contributed by atoms with Crippen LogP contribution in [0.3, 0.4) is 0 Å². The summed E-state index contributed by atoms with van der Waals surface area (Å²) in [5.74, 6) is -1.55. The number of allylic oxidation sites excluding steroid dienone is 4. The van der Waals surface area contributed by atoms with Crippen molar-refractivity contribution in [1.29, 1.82) is 0 Å². The van der Waals surface area contributed by atoms with Gasteiger partial charge >= 0.3 is 11.4 Å². The van der Waals surface area contributed by atoms with Gasteiger partial charge in [0, 0.05) is 18.9 Å². The quantitative estimate of drug-likeness (QED) is 0.659. The van der Waals surface area contributed by atoms with Gasteiger partial charge in [-0.05, 0) is 48.3 Å². The predicted molar refractivity (Wildman–Crippen MR) is 125 cm³/mol. The summed E-state index contributed by atoms with van der Waals surface area (Å²) in [6, 6.07) is 2.67. The van der Waals surface area contributed by atoms with Gasteiger partial charge in [-0.1, -0.05) is 13.0 Å². The lowest BCUT2D eigenvalue weighted by molar-refractivity contribution is -0.139. The molecule has 1 saturated carbocycles. The van der Waals surface area contributed by atoms with Crippen molar-refractivity contribution >= 4 is 11.6 Å². The lowest BCUT2D eigenvalue weighted by atomic mass is 9.51. The molecule has 1 fully saturated rings. The zero-order valence-electron chi connectivity index (χ0n) is 20.2. The highest BCUT2D eigenvalue weighted by Gasteiger charge is 2.59. The van der Waals surface area contributed by atoms with Crippen LogP contribution < -0.4 is 20.9 Å². The molecule has 0 amide bonds. The molecule has 0 saturated heterocycles. The largest absolute Gasteiger partial charge is 0.502 e. The molecule has 4 atom stereocenters. The number of fused-ring (bicyclic) bond motifs is 4. The van der Waals surface area contributed by atoms with Crippen molar-refractivity contribution in [3.8, 4) is 17.2 Å². The molecule has 0 spiro atoms.